The molecule has 2 atom stereocenters. The van der Waals surface area contributed by atoms with Crippen molar-refractivity contribution in [2.45, 2.75) is 23.8 Å². The van der Waals surface area contributed by atoms with Crippen molar-refractivity contribution in [3.05, 3.63) is 53.1 Å². The number of hydrogen-bond donors (Lipinski definition) is 1. The van der Waals surface area contributed by atoms with Gasteiger partial charge in [0.15, 0.2) is 17.0 Å². The number of hydrogen-bond acceptors (Lipinski definition) is 8. The molecule has 31 heavy (non-hydrogen) atoms. The van der Waals surface area contributed by atoms with Gasteiger partial charge < -0.3 is 15.4 Å². The van der Waals surface area contributed by atoms with Crippen LogP contribution in [-0.4, -0.2) is 67.7 Å². The molecule has 1 fully saturated rings. The summed E-state index contributed by atoms with van der Waals surface area (Å²) in [4.78, 5) is 52.7. The predicted molar refractivity (Wildman–Crippen MR) is 112 cm³/mol. The number of amides is 3. The maximum atomic E-state index is 12.8. The number of nitrogens with two attached hydrogens (primary N) is 1. The molecule has 0 spiro atoms. The SMILES string of the molecule is CSc1ncc(Cl)c(C(=O)OC2CCN3C(=O)C=C(c4ccncc4)N(C(N)=O)C23)n1. The molecule has 12 heteroatoms. The fourth-order valence-corrected chi connectivity index (χ4v) is 4.12. The fourth-order valence-electron chi connectivity index (χ4n) is 3.61. The monoisotopic (exact) mass is 460 g/mol. The van der Waals surface area contributed by atoms with Gasteiger partial charge >= 0.3 is 12.0 Å². The van der Waals surface area contributed by atoms with Crippen LogP contribution in [0, 0.1) is 0 Å². The lowest BCUT2D eigenvalue weighted by Gasteiger charge is -2.40. The lowest BCUT2D eigenvalue weighted by molar-refractivity contribution is -0.131. The molecular formula is C19H17ClN6O4S. The molecule has 0 aliphatic carbocycles. The average Bonchev–Trinajstić information content (AvgIpc) is 3.18. The molecule has 0 radical (unpaired) electrons. The Morgan fingerprint density at radius 3 is 2.74 bits per heavy atom. The van der Waals surface area contributed by atoms with Crippen LogP contribution in [0.5, 0.6) is 0 Å². The minimum absolute atomic E-state index is 0.0431. The van der Waals surface area contributed by atoms with Gasteiger partial charge in [0.25, 0.3) is 0 Å². The number of nitrogens with zero attached hydrogens (tertiary/aromatic N) is 5. The zero-order chi connectivity index (χ0) is 22.1. The highest BCUT2D eigenvalue weighted by atomic mass is 35.5. The third kappa shape index (κ3) is 3.93. The molecule has 0 aromatic carbocycles. The quantitative estimate of drug-likeness (QED) is 0.414. The minimum atomic E-state index is -0.886. The van der Waals surface area contributed by atoms with Crippen LogP contribution >= 0.6 is 23.4 Å². The normalized spacial score (nSPS) is 20.3. The molecule has 2 aromatic heterocycles. The maximum Gasteiger partial charge on any atom is 0.359 e. The number of carbonyl (C=O) groups is 3. The first-order valence-electron chi connectivity index (χ1n) is 9.19. The molecule has 10 nitrogen and oxygen atoms in total. The summed E-state index contributed by atoms with van der Waals surface area (Å²) in [5.41, 5.74) is 6.48. The molecule has 4 heterocycles. The topological polar surface area (TPSA) is 132 Å². The molecule has 2 aromatic rings. The second-order valence-corrected chi connectivity index (χ2v) is 7.89. The minimum Gasteiger partial charge on any atom is -0.453 e. The zero-order valence-electron chi connectivity index (χ0n) is 16.3. The lowest BCUT2D eigenvalue weighted by atomic mass is 10.1. The van der Waals surface area contributed by atoms with E-state index >= 15 is 0 Å². The first kappa shape index (κ1) is 21.1. The van der Waals surface area contributed by atoms with Crippen LogP contribution in [0.25, 0.3) is 5.70 Å². The van der Waals surface area contributed by atoms with E-state index in [-0.39, 0.29) is 16.6 Å². The number of rotatable bonds is 4. The van der Waals surface area contributed by atoms with E-state index in [0.717, 1.165) is 0 Å². The summed E-state index contributed by atoms with van der Waals surface area (Å²) >= 11 is 7.33. The highest BCUT2D eigenvalue weighted by Gasteiger charge is 2.48. The van der Waals surface area contributed by atoms with Crippen molar-refractivity contribution in [1.29, 1.82) is 0 Å². The van der Waals surface area contributed by atoms with Gasteiger partial charge in [-0.2, -0.15) is 0 Å². The van der Waals surface area contributed by atoms with Crippen LogP contribution in [-0.2, 0) is 9.53 Å². The van der Waals surface area contributed by atoms with Crippen molar-refractivity contribution in [3.63, 3.8) is 0 Å². The van der Waals surface area contributed by atoms with Crippen LogP contribution in [0.15, 0.2) is 42.0 Å². The molecule has 1 saturated heterocycles. The van der Waals surface area contributed by atoms with Crippen LogP contribution < -0.4 is 5.73 Å². The summed E-state index contributed by atoms with van der Waals surface area (Å²) in [6.07, 6.45) is 6.12. The molecular weight excluding hydrogens is 444 g/mol. The van der Waals surface area contributed by atoms with Gasteiger partial charge in [0, 0.05) is 37.0 Å². The fraction of sp³-hybridized carbons (Fsp3) is 0.263. The standard InChI is InChI=1S/C19H17ClN6O4S/c1-31-19-23-9-11(20)15(24-19)17(28)30-13-4-7-25-14(27)8-12(10-2-5-22-6-3-10)26(16(13)25)18(21)29/h2-3,5-6,8-9,13,16H,4,7H2,1H3,(H2,21,29). The second kappa shape index (κ2) is 8.52. The Morgan fingerprint density at radius 2 is 2.06 bits per heavy atom. The van der Waals surface area contributed by atoms with Gasteiger partial charge in [-0.1, -0.05) is 23.4 Å². The number of primary amides is 1. The number of carbonyl (C=O) groups excluding carboxylic acids is 3. The Morgan fingerprint density at radius 1 is 1.32 bits per heavy atom. The van der Waals surface area contributed by atoms with Crippen LogP contribution in [0.3, 0.4) is 0 Å². The average molecular weight is 461 g/mol. The van der Waals surface area contributed by atoms with Gasteiger partial charge in [0.2, 0.25) is 5.91 Å². The summed E-state index contributed by atoms with van der Waals surface area (Å²) < 4.78 is 5.65. The van der Waals surface area contributed by atoms with Gasteiger partial charge in [-0.25, -0.2) is 19.6 Å². The van der Waals surface area contributed by atoms with Crippen molar-refractivity contribution < 1.29 is 19.1 Å². The molecule has 2 N–H and O–H groups in total. The Balaban J connectivity index is 1.66. The molecule has 2 aliphatic heterocycles. The van der Waals surface area contributed by atoms with E-state index in [4.69, 9.17) is 22.1 Å². The highest BCUT2D eigenvalue weighted by Crippen LogP contribution is 2.35. The van der Waals surface area contributed by atoms with Gasteiger partial charge in [-0.15, -0.1) is 0 Å². The summed E-state index contributed by atoms with van der Waals surface area (Å²) in [5, 5.41) is 0.403. The molecule has 2 aliphatic rings. The summed E-state index contributed by atoms with van der Waals surface area (Å²) in [7, 11) is 0. The molecule has 0 saturated carbocycles. The van der Waals surface area contributed by atoms with E-state index in [9.17, 15) is 14.4 Å². The molecule has 160 valence electrons. The Kier molecular flexibility index (Phi) is 5.79. The number of thioether (sulfide) groups is 1. The molecule has 0 bridgehead atoms. The van der Waals surface area contributed by atoms with Crippen molar-refractivity contribution in [2.75, 3.05) is 12.8 Å². The number of halogens is 1. The molecule has 4 rings (SSSR count). The number of esters is 1. The predicted octanol–water partition coefficient (Wildman–Crippen LogP) is 1.77. The van der Waals surface area contributed by atoms with E-state index in [1.807, 2.05) is 0 Å². The lowest BCUT2D eigenvalue weighted by Crippen LogP contribution is -2.57. The smallest absolute Gasteiger partial charge is 0.359 e. The summed E-state index contributed by atoms with van der Waals surface area (Å²) in [5.74, 6) is -1.08. The number of urea groups is 1. The first-order valence-corrected chi connectivity index (χ1v) is 10.8. The number of ether oxygens (including phenoxy) is 1. The van der Waals surface area contributed by atoms with Crippen molar-refractivity contribution >= 4 is 47.0 Å². The Hall–Kier alpha value is -3.18. The van der Waals surface area contributed by atoms with E-state index in [0.29, 0.717) is 29.4 Å². The van der Waals surface area contributed by atoms with E-state index in [2.05, 4.69) is 15.0 Å². The van der Waals surface area contributed by atoms with Crippen molar-refractivity contribution in [1.82, 2.24) is 24.8 Å². The largest absolute Gasteiger partial charge is 0.453 e. The van der Waals surface area contributed by atoms with E-state index < -0.39 is 24.3 Å². The van der Waals surface area contributed by atoms with Crippen molar-refractivity contribution in [2.24, 2.45) is 5.73 Å². The van der Waals surface area contributed by atoms with Crippen LogP contribution in [0.2, 0.25) is 5.02 Å². The van der Waals surface area contributed by atoms with E-state index in [1.165, 1.54) is 33.8 Å². The third-order valence-electron chi connectivity index (χ3n) is 4.94. The summed E-state index contributed by atoms with van der Waals surface area (Å²) in [6.45, 7) is 0.291. The van der Waals surface area contributed by atoms with Crippen LogP contribution in [0.4, 0.5) is 4.79 Å². The zero-order valence-corrected chi connectivity index (χ0v) is 17.8. The Labute approximate surface area is 186 Å². The van der Waals surface area contributed by atoms with Gasteiger partial charge in [0.1, 0.15) is 6.10 Å². The third-order valence-corrected chi connectivity index (χ3v) is 5.78. The van der Waals surface area contributed by atoms with Gasteiger partial charge in [-0.3, -0.25) is 14.7 Å². The van der Waals surface area contributed by atoms with Gasteiger partial charge in [-0.05, 0) is 18.4 Å². The Bertz CT molecular complexity index is 1080. The first-order chi connectivity index (χ1) is 14.9. The number of pyridine rings is 1. The highest BCUT2D eigenvalue weighted by molar-refractivity contribution is 7.98. The molecule has 2 unspecified atom stereocenters. The van der Waals surface area contributed by atoms with E-state index in [1.54, 1.807) is 30.8 Å². The van der Waals surface area contributed by atoms with Crippen LogP contribution in [0.1, 0.15) is 22.5 Å². The second-order valence-electron chi connectivity index (χ2n) is 6.70. The summed E-state index contributed by atoms with van der Waals surface area (Å²) in [6, 6.07) is 2.54. The van der Waals surface area contributed by atoms with Crippen molar-refractivity contribution in [3.8, 4) is 0 Å². The maximum absolute atomic E-state index is 12.8. The number of aromatic nitrogens is 3. The number of fused-ring (bicyclic) bond motifs is 1. The molecule has 3 amide bonds. The van der Waals surface area contributed by atoms with Gasteiger partial charge in [0.05, 0.1) is 16.9 Å².